The number of amides is 2. The minimum Gasteiger partial charge on any atom is -0.459 e. The van der Waals surface area contributed by atoms with Crippen molar-refractivity contribution in [3.63, 3.8) is 0 Å². The number of carbonyl (C=O) groups excluding carboxylic acids is 2. The number of nitrogens with zero attached hydrogens (tertiary/aromatic N) is 4. The zero-order valence-electron chi connectivity index (χ0n) is 18.4. The van der Waals surface area contributed by atoms with E-state index in [2.05, 4.69) is 31.1 Å². The van der Waals surface area contributed by atoms with Crippen molar-refractivity contribution in [1.82, 2.24) is 30.3 Å². The number of furan rings is 1. The molecule has 2 aliphatic rings. The first kappa shape index (κ1) is 22.5. The average Bonchev–Trinajstić information content (AvgIpc) is 3.55. The Kier molecular flexibility index (Phi) is 5.64. The zero-order chi connectivity index (χ0) is 24.0. The van der Waals surface area contributed by atoms with Gasteiger partial charge in [-0.2, -0.15) is 9.97 Å². The minimum atomic E-state index is -0.909. The highest BCUT2D eigenvalue weighted by Gasteiger charge is 2.58. The SMILES string of the molecule is CCNC(=O)[C@H]1O[C@@H](n2cnc3c(NNC(=O)c4ccco4)nc(Cl)nc32)[C@@H]2OC(C)(C)O[C@@H]21. The van der Waals surface area contributed by atoms with Gasteiger partial charge in [-0.1, -0.05) is 0 Å². The average molecular weight is 492 g/mol. The van der Waals surface area contributed by atoms with E-state index in [-0.39, 0.29) is 22.8 Å². The summed E-state index contributed by atoms with van der Waals surface area (Å²) in [5, 5.41) is 2.66. The summed E-state index contributed by atoms with van der Waals surface area (Å²) < 4.78 is 24.8. The summed E-state index contributed by atoms with van der Waals surface area (Å²) in [7, 11) is 0. The lowest BCUT2D eigenvalue weighted by molar-refractivity contribution is -0.197. The minimum absolute atomic E-state index is 0.0947. The van der Waals surface area contributed by atoms with Crippen LogP contribution in [0.2, 0.25) is 5.28 Å². The molecule has 14 heteroatoms. The van der Waals surface area contributed by atoms with Crippen LogP contribution in [0.3, 0.4) is 0 Å². The molecule has 0 aromatic carbocycles. The van der Waals surface area contributed by atoms with Crippen molar-refractivity contribution < 1.29 is 28.2 Å². The molecule has 0 spiro atoms. The van der Waals surface area contributed by atoms with Gasteiger partial charge in [0.05, 0.1) is 12.6 Å². The lowest BCUT2D eigenvalue weighted by Gasteiger charge is -2.24. The Bertz CT molecular complexity index is 1230. The summed E-state index contributed by atoms with van der Waals surface area (Å²) in [6.45, 7) is 5.80. The fourth-order valence-corrected chi connectivity index (χ4v) is 4.20. The number of imidazole rings is 1. The van der Waals surface area contributed by atoms with Crippen molar-refractivity contribution in [3.8, 4) is 0 Å². The molecular weight excluding hydrogens is 470 g/mol. The number of aromatic nitrogens is 4. The van der Waals surface area contributed by atoms with Crippen LogP contribution in [0.15, 0.2) is 29.1 Å². The maximum absolute atomic E-state index is 12.6. The number of hydrogen-bond acceptors (Lipinski definition) is 10. The molecule has 4 atom stereocenters. The highest BCUT2D eigenvalue weighted by atomic mass is 35.5. The van der Waals surface area contributed by atoms with E-state index in [1.807, 2.05) is 6.92 Å². The number of hydrogen-bond donors (Lipinski definition) is 3. The van der Waals surface area contributed by atoms with Crippen LogP contribution in [0.1, 0.15) is 37.6 Å². The molecular formula is C20H22ClN7O6. The molecule has 0 saturated carbocycles. The number of nitrogens with one attached hydrogen (secondary N) is 3. The lowest BCUT2D eigenvalue weighted by atomic mass is 10.1. The molecule has 2 saturated heterocycles. The monoisotopic (exact) mass is 491 g/mol. The highest BCUT2D eigenvalue weighted by molar-refractivity contribution is 6.28. The molecule has 13 nitrogen and oxygen atoms in total. The second-order valence-corrected chi connectivity index (χ2v) is 8.47. The van der Waals surface area contributed by atoms with E-state index in [0.717, 1.165) is 0 Å². The van der Waals surface area contributed by atoms with Crippen LogP contribution in [-0.4, -0.2) is 62.0 Å². The van der Waals surface area contributed by atoms with Crippen molar-refractivity contribution in [2.45, 2.75) is 51.1 Å². The van der Waals surface area contributed by atoms with Crippen molar-refractivity contribution in [3.05, 3.63) is 35.8 Å². The van der Waals surface area contributed by atoms with Crippen molar-refractivity contribution >= 4 is 40.4 Å². The van der Waals surface area contributed by atoms with Gasteiger partial charge in [0, 0.05) is 6.54 Å². The Balaban J connectivity index is 1.46. The van der Waals surface area contributed by atoms with E-state index < -0.39 is 36.2 Å². The molecule has 0 radical (unpaired) electrons. The molecule has 5 heterocycles. The lowest BCUT2D eigenvalue weighted by Crippen LogP contribution is -2.42. The van der Waals surface area contributed by atoms with Gasteiger partial charge in [0.15, 0.2) is 40.9 Å². The van der Waals surface area contributed by atoms with Gasteiger partial charge in [-0.3, -0.25) is 25.0 Å². The topological polar surface area (TPSA) is 155 Å². The van der Waals surface area contributed by atoms with Gasteiger partial charge >= 0.3 is 5.91 Å². The second kappa shape index (κ2) is 8.51. The van der Waals surface area contributed by atoms with Crippen LogP contribution in [0.25, 0.3) is 11.2 Å². The Labute approximate surface area is 198 Å². The molecule has 3 N–H and O–H groups in total. The third kappa shape index (κ3) is 3.96. The van der Waals surface area contributed by atoms with E-state index in [1.54, 1.807) is 24.5 Å². The molecule has 3 aromatic rings. The fraction of sp³-hybridized carbons (Fsp3) is 0.450. The van der Waals surface area contributed by atoms with E-state index in [4.69, 9.17) is 30.2 Å². The van der Waals surface area contributed by atoms with Crippen molar-refractivity contribution in [2.75, 3.05) is 12.0 Å². The smallest absolute Gasteiger partial charge is 0.305 e. The third-order valence-corrected chi connectivity index (χ3v) is 5.52. The van der Waals surface area contributed by atoms with E-state index in [1.165, 1.54) is 18.7 Å². The van der Waals surface area contributed by atoms with Crippen molar-refractivity contribution in [2.24, 2.45) is 0 Å². The van der Waals surface area contributed by atoms with Crippen LogP contribution in [0, 0.1) is 0 Å². The predicted octanol–water partition coefficient (Wildman–Crippen LogP) is 1.38. The van der Waals surface area contributed by atoms with Gasteiger partial charge in [-0.05, 0) is 44.5 Å². The van der Waals surface area contributed by atoms with Crippen LogP contribution < -0.4 is 16.2 Å². The Morgan fingerprint density at radius 2 is 2.03 bits per heavy atom. The number of anilines is 1. The van der Waals surface area contributed by atoms with E-state index in [9.17, 15) is 9.59 Å². The Hall–Kier alpha value is -3.26. The van der Waals surface area contributed by atoms with Gasteiger partial charge in [-0.15, -0.1) is 0 Å². The number of hydrazine groups is 1. The van der Waals surface area contributed by atoms with Crippen LogP contribution in [0.5, 0.6) is 0 Å². The molecule has 3 aromatic heterocycles. The van der Waals surface area contributed by atoms with Crippen LogP contribution in [-0.2, 0) is 19.0 Å². The van der Waals surface area contributed by atoms with Gasteiger partial charge in [0.25, 0.3) is 5.91 Å². The quantitative estimate of drug-likeness (QED) is 0.340. The summed E-state index contributed by atoms with van der Waals surface area (Å²) in [6.07, 6.45) is -0.0472. The van der Waals surface area contributed by atoms with E-state index >= 15 is 0 Å². The zero-order valence-corrected chi connectivity index (χ0v) is 19.2. The highest BCUT2D eigenvalue weighted by Crippen LogP contribution is 2.44. The molecule has 2 fully saturated rings. The first-order valence-electron chi connectivity index (χ1n) is 10.6. The van der Waals surface area contributed by atoms with E-state index in [0.29, 0.717) is 17.7 Å². The fourth-order valence-electron chi connectivity index (χ4n) is 4.04. The molecule has 5 rings (SSSR count). The maximum atomic E-state index is 12.6. The van der Waals surface area contributed by atoms with Crippen LogP contribution in [0.4, 0.5) is 5.82 Å². The first-order valence-corrected chi connectivity index (χ1v) is 10.9. The van der Waals surface area contributed by atoms with Gasteiger partial charge < -0.3 is 23.9 Å². The van der Waals surface area contributed by atoms with Gasteiger partial charge in [0.2, 0.25) is 5.28 Å². The largest absolute Gasteiger partial charge is 0.459 e. The number of likely N-dealkylation sites (N-methyl/N-ethyl adjacent to an activating group) is 1. The molecule has 180 valence electrons. The van der Waals surface area contributed by atoms with Crippen LogP contribution >= 0.6 is 11.6 Å². The number of fused-ring (bicyclic) bond motifs is 2. The van der Waals surface area contributed by atoms with Crippen molar-refractivity contribution in [1.29, 1.82) is 0 Å². The number of rotatable bonds is 6. The number of ether oxygens (including phenoxy) is 3. The number of carbonyl (C=O) groups is 2. The number of halogens is 1. The second-order valence-electron chi connectivity index (χ2n) is 8.13. The summed E-state index contributed by atoms with van der Waals surface area (Å²) >= 11 is 6.16. The standard InChI is InChI=1S/C20H22ClN7O6/c1-4-22-17(30)12-11-13(34-20(2,3)33-11)18(32-12)28-8-23-10-14(24-19(21)25-15(10)28)26-27-16(29)9-6-5-7-31-9/h5-8,11-13,18H,4H2,1-3H3,(H,22,30)(H,27,29)(H,24,25,26)/t11-,12+,13-,18-/m1/s1. The van der Waals surface area contributed by atoms with Gasteiger partial charge in [0.1, 0.15) is 12.2 Å². The normalized spacial score (nSPS) is 25.3. The molecule has 2 amide bonds. The molecule has 34 heavy (non-hydrogen) atoms. The van der Waals surface area contributed by atoms with Gasteiger partial charge in [-0.25, -0.2) is 4.98 Å². The Morgan fingerprint density at radius 3 is 2.76 bits per heavy atom. The summed E-state index contributed by atoms with van der Waals surface area (Å²) in [6, 6.07) is 3.10. The molecule has 0 unspecified atom stereocenters. The summed E-state index contributed by atoms with van der Waals surface area (Å²) in [4.78, 5) is 37.6. The predicted molar refractivity (Wildman–Crippen MR) is 117 cm³/mol. The molecule has 0 bridgehead atoms. The summed E-state index contributed by atoms with van der Waals surface area (Å²) in [5.41, 5.74) is 5.78. The molecule has 0 aliphatic carbocycles. The Morgan fingerprint density at radius 1 is 1.24 bits per heavy atom. The molecule has 2 aliphatic heterocycles. The first-order chi connectivity index (χ1) is 16.3. The maximum Gasteiger partial charge on any atom is 0.305 e. The summed E-state index contributed by atoms with van der Waals surface area (Å²) in [5.74, 6) is -1.46. The third-order valence-electron chi connectivity index (χ3n) is 5.35.